The highest BCUT2D eigenvalue weighted by molar-refractivity contribution is 14.1. The van der Waals surface area contributed by atoms with Crippen molar-refractivity contribution in [3.05, 3.63) is 80.3 Å². The maximum Gasteiger partial charge on any atom is 0.134 e. The molecule has 130 valence electrons. The van der Waals surface area contributed by atoms with Gasteiger partial charge in [0.1, 0.15) is 11.1 Å². The molecule has 4 aromatic rings. The summed E-state index contributed by atoms with van der Waals surface area (Å²) in [7, 11) is 0. The van der Waals surface area contributed by atoms with Crippen molar-refractivity contribution in [1.82, 2.24) is 15.2 Å². The second kappa shape index (κ2) is 7.86. The molecule has 1 N–H and O–H groups in total. The van der Waals surface area contributed by atoms with Crippen LogP contribution in [0.25, 0.3) is 34.2 Å². The summed E-state index contributed by atoms with van der Waals surface area (Å²) in [6, 6.07) is 20.4. The molecule has 0 saturated heterocycles. The van der Waals surface area contributed by atoms with Crippen LogP contribution in [-0.2, 0) is 0 Å². The Labute approximate surface area is 174 Å². The third-order valence-corrected chi connectivity index (χ3v) is 5.62. The SMILES string of the molecule is N#CC(=Cc1cn[nH]c1-c1ccccc1)c1nc(-c2ccc(I)cc2)cs1. The van der Waals surface area contributed by atoms with Gasteiger partial charge in [-0.3, -0.25) is 5.10 Å². The molecule has 2 heterocycles. The molecule has 0 radical (unpaired) electrons. The van der Waals surface area contributed by atoms with E-state index >= 15 is 0 Å². The lowest BCUT2D eigenvalue weighted by molar-refractivity contribution is 1.10. The monoisotopic (exact) mass is 480 g/mol. The van der Waals surface area contributed by atoms with Gasteiger partial charge in [-0.1, -0.05) is 42.5 Å². The fourth-order valence-electron chi connectivity index (χ4n) is 2.69. The summed E-state index contributed by atoms with van der Waals surface area (Å²) >= 11 is 3.75. The number of nitrogens with one attached hydrogen (secondary N) is 1. The van der Waals surface area contributed by atoms with Crippen LogP contribution in [0.3, 0.4) is 0 Å². The number of allylic oxidation sites excluding steroid dienone is 1. The summed E-state index contributed by atoms with van der Waals surface area (Å²) in [6.07, 6.45) is 3.57. The molecule has 0 bridgehead atoms. The summed E-state index contributed by atoms with van der Waals surface area (Å²) in [4.78, 5) is 4.66. The van der Waals surface area contributed by atoms with Gasteiger partial charge in [0.05, 0.1) is 23.2 Å². The lowest BCUT2D eigenvalue weighted by Gasteiger charge is -2.00. The topological polar surface area (TPSA) is 65.4 Å². The van der Waals surface area contributed by atoms with Gasteiger partial charge in [0.25, 0.3) is 0 Å². The summed E-state index contributed by atoms with van der Waals surface area (Å²) < 4.78 is 1.18. The van der Waals surface area contributed by atoms with E-state index < -0.39 is 0 Å². The van der Waals surface area contributed by atoms with Gasteiger partial charge in [-0.05, 0) is 40.8 Å². The number of thiazole rings is 1. The van der Waals surface area contributed by atoms with Crippen molar-refractivity contribution in [3.8, 4) is 28.6 Å². The molecule has 4 nitrogen and oxygen atoms in total. The van der Waals surface area contributed by atoms with Crippen molar-refractivity contribution >= 4 is 45.6 Å². The Morgan fingerprint density at radius 2 is 1.85 bits per heavy atom. The zero-order chi connectivity index (χ0) is 18.6. The smallest absolute Gasteiger partial charge is 0.134 e. The van der Waals surface area contributed by atoms with E-state index in [2.05, 4.69) is 43.8 Å². The minimum absolute atomic E-state index is 0.523. The maximum absolute atomic E-state index is 9.67. The van der Waals surface area contributed by atoms with E-state index in [1.54, 1.807) is 6.20 Å². The highest BCUT2D eigenvalue weighted by Crippen LogP contribution is 2.29. The van der Waals surface area contributed by atoms with Crippen LogP contribution in [-0.4, -0.2) is 15.2 Å². The summed E-state index contributed by atoms with van der Waals surface area (Å²) in [5.74, 6) is 0. The van der Waals surface area contributed by atoms with Gasteiger partial charge in [-0.25, -0.2) is 4.98 Å². The summed E-state index contributed by atoms with van der Waals surface area (Å²) in [5, 5.41) is 19.5. The number of nitrogens with zero attached hydrogens (tertiary/aromatic N) is 3. The second-order valence-electron chi connectivity index (χ2n) is 5.78. The molecule has 27 heavy (non-hydrogen) atoms. The van der Waals surface area contributed by atoms with Gasteiger partial charge in [0, 0.05) is 25.6 Å². The minimum Gasteiger partial charge on any atom is -0.277 e. The molecule has 0 atom stereocenters. The third kappa shape index (κ3) is 3.84. The Hall–Kier alpha value is -2.76. The highest BCUT2D eigenvalue weighted by Gasteiger charge is 2.12. The first-order valence-electron chi connectivity index (χ1n) is 8.17. The van der Waals surface area contributed by atoms with Crippen LogP contribution < -0.4 is 0 Å². The third-order valence-electron chi connectivity index (χ3n) is 4.03. The Bertz CT molecular complexity index is 1130. The molecule has 2 aromatic heterocycles. The number of aromatic nitrogens is 3. The Kier molecular flexibility index (Phi) is 5.14. The number of hydrogen-bond acceptors (Lipinski definition) is 4. The minimum atomic E-state index is 0.523. The number of benzene rings is 2. The molecule has 2 aromatic carbocycles. The van der Waals surface area contributed by atoms with Crippen LogP contribution in [0.5, 0.6) is 0 Å². The lowest BCUT2D eigenvalue weighted by atomic mass is 10.1. The Balaban J connectivity index is 1.69. The van der Waals surface area contributed by atoms with Crippen molar-refractivity contribution in [1.29, 1.82) is 5.26 Å². The first-order chi connectivity index (χ1) is 13.2. The number of nitriles is 1. The molecular weight excluding hydrogens is 467 g/mol. The number of rotatable bonds is 4. The van der Waals surface area contributed by atoms with Crippen LogP contribution in [0.4, 0.5) is 0 Å². The quantitative estimate of drug-likeness (QED) is 0.294. The van der Waals surface area contributed by atoms with Crippen molar-refractivity contribution in [2.24, 2.45) is 0 Å². The predicted molar refractivity (Wildman–Crippen MR) is 118 cm³/mol. The number of H-pyrrole nitrogens is 1. The molecule has 0 saturated carbocycles. The number of halogens is 1. The van der Waals surface area contributed by atoms with Gasteiger partial charge in [0.15, 0.2) is 0 Å². The lowest BCUT2D eigenvalue weighted by Crippen LogP contribution is -1.84. The summed E-state index contributed by atoms with van der Waals surface area (Å²) in [6.45, 7) is 0. The standard InChI is InChI=1S/C21H13IN4S/c22-18-8-6-14(7-9-18)19-13-27-21(25-19)16(11-23)10-17-12-24-26-20(17)15-4-2-1-3-5-15/h1-10,12-13H,(H,24,26). The van der Waals surface area contributed by atoms with E-state index in [9.17, 15) is 5.26 Å². The van der Waals surface area contributed by atoms with Crippen LogP contribution in [0.2, 0.25) is 0 Å². The van der Waals surface area contributed by atoms with Crippen molar-refractivity contribution < 1.29 is 0 Å². The second-order valence-corrected chi connectivity index (χ2v) is 7.88. The van der Waals surface area contributed by atoms with Crippen molar-refractivity contribution in [2.45, 2.75) is 0 Å². The Morgan fingerprint density at radius 3 is 2.59 bits per heavy atom. The van der Waals surface area contributed by atoms with E-state index in [1.165, 1.54) is 14.9 Å². The fraction of sp³-hybridized carbons (Fsp3) is 0. The predicted octanol–water partition coefficient (Wildman–Crippen LogP) is 5.87. The van der Waals surface area contributed by atoms with E-state index in [4.69, 9.17) is 0 Å². The highest BCUT2D eigenvalue weighted by atomic mass is 127. The maximum atomic E-state index is 9.67. The average Bonchev–Trinajstić information content (AvgIpc) is 3.37. The van der Waals surface area contributed by atoms with Gasteiger partial charge in [0.2, 0.25) is 0 Å². The zero-order valence-electron chi connectivity index (χ0n) is 14.1. The van der Waals surface area contributed by atoms with Crippen molar-refractivity contribution in [2.75, 3.05) is 0 Å². The molecule has 0 amide bonds. The molecule has 0 aliphatic carbocycles. The summed E-state index contributed by atoms with van der Waals surface area (Å²) in [5.41, 5.74) is 5.22. The molecule has 6 heteroatoms. The molecule has 4 rings (SSSR count). The van der Waals surface area contributed by atoms with E-state index in [1.807, 2.05) is 66.1 Å². The van der Waals surface area contributed by atoms with Crippen LogP contribution >= 0.6 is 33.9 Å². The van der Waals surface area contributed by atoms with Gasteiger partial charge in [-0.15, -0.1) is 11.3 Å². The van der Waals surface area contributed by atoms with Gasteiger partial charge in [-0.2, -0.15) is 10.4 Å². The van der Waals surface area contributed by atoms with E-state index in [-0.39, 0.29) is 0 Å². The molecule has 0 aliphatic heterocycles. The van der Waals surface area contributed by atoms with E-state index in [0.717, 1.165) is 28.1 Å². The largest absolute Gasteiger partial charge is 0.277 e. The zero-order valence-corrected chi connectivity index (χ0v) is 17.0. The molecule has 0 spiro atoms. The molecular formula is C21H13IN4S. The molecule has 0 aliphatic rings. The van der Waals surface area contributed by atoms with Crippen LogP contribution in [0.1, 0.15) is 10.6 Å². The van der Waals surface area contributed by atoms with Gasteiger partial charge < -0.3 is 0 Å². The Morgan fingerprint density at radius 1 is 1.07 bits per heavy atom. The molecule has 0 fully saturated rings. The number of aromatic amines is 1. The fourth-order valence-corrected chi connectivity index (χ4v) is 3.84. The number of hydrogen-bond donors (Lipinski definition) is 1. The first-order valence-corrected chi connectivity index (χ1v) is 10.1. The van der Waals surface area contributed by atoms with Gasteiger partial charge >= 0.3 is 0 Å². The first kappa shape index (κ1) is 17.6. The molecule has 0 unspecified atom stereocenters. The van der Waals surface area contributed by atoms with E-state index in [0.29, 0.717) is 10.6 Å². The average molecular weight is 480 g/mol. The normalized spacial score (nSPS) is 11.3. The van der Waals surface area contributed by atoms with Crippen LogP contribution in [0.15, 0.2) is 66.2 Å². The van der Waals surface area contributed by atoms with Crippen LogP contribution in [0, 0.1) is 14.9 Å². The van der Waals surface area contributed by atoms with Crippen molar-refractivity contribution in [3.63, 3.8) is 0 Å².